The minimum atomic E-state index is -3.00. The Bertz CT molecular complexity index is 519. The lowest BCUT2D eigenvalue weighted by Crippen LogP contribution is -2.72. The summed E-state index contributed by atoms with van der Waals surface area (Å²) in [5.74, 6) is 0. The smallest absolute Gasteiger partial charge is 0.373 e. The predicted molar refractivity (Wildman–Crippen MR) is 129 cm³/mol. The first kappa shape index (κ1) is 25.7. The van der Waals surface area contributed by atoms with Crippen LogP contribution < -0.4 is 0 Å². The van der Waals surface area contributed by atoms with Gasteiger partial charge in [-0.3, -0.25) is 0 Å². The molecule has 0 radical (unpaired) electrons. The van der Waals surface area contributed by atoms with Gasteiger partial charge in [0, 0.05) is 0 Å². The van der Waals surface area contributed by atoms with Crippen molar-refractivity contribution < 1.29 is 16.5 Å². The summed E-state index contributed by atoms with van der Waals surface area (Å²) < 4.78 is 28.0. The average Bonchev–Trinajstić information content (AvgIpc) is 2.62. The molecule has 0 amide bonds. The molecular weight excluding hydrogens is 417 g/mol. The first-order valence-electron chi connectivity index (χ1n) is 10.2. The van der Waals surface area contributed by atoms with Crippen molar-refractivity contribution in [1.29, 1.82) is 0 Å². The highest BCUT2D eigenvalue weighted by Gasteiger charge is 2.64. The third kappa shape index (κ3) is 4.39. The summed E-state index contributed by atoms with van der Waals surface area (Å²) in [6.45, 7) is 33.6. The molecule has 8 heteroatoms. The molecule has 1 aliphatic heterocycles. The van der Waals surface area contributed by atoms with E-state index in [0.29, 0.717) is 0 Å². The fourth-order valence-electron chi connectivity index (χ4n) is 3.86. The van der Waals surface area contributed by atoms with Crippen LogP contribution in [0.1, 0.15) is 55.4 Å². The Labute approximate surface area is 177 Å². The van der Waals surface area contributed by atoms with E-state index in [1.807, 2.05) is 0 Å². The van der Waals surface area contributed by atoms with Gasteiger partial charge in [0.15, 0.2) is 0 Å². The summed E-state index contributed by atoms with van der Waals surface area (Å²) in [7, 11) is -11.5. The molecule has 0 spiro atoms. The highest BCUT2D eigenvalue weighted by molar-refractivity contribution is 7.00. The van der Waals surface area contributed by atoms with Gasteiger partial charge in [-0.15, -0.1) is 26.3 Å². The van der Waals surface area contributed by atoms with Gasteiger partial charge in [-0.25, -0.2) is 0 Å². The van der Waals surface area contributed by atoms with Crippen molar-refractivity contribution >= 4 is 34.2 Å². The minimum Gasteiger partial charge on any atom is -0.415 e. The lowest BCUT2D eigenvalue weighted by atomic mass is 10.5. The molecule has 1 heterocycles. The van der Waals surface area contributed by atoms with E-state index in [9.17, 15) is 0 Å². The van der Waals surface area contributed by atoms with E-state index in [1.165, 1.54) is 0 Å². The van der Waals surface area contributed by atoms with E-state index in [0.717, 1.165) is 0 Å². The fourth-order valence-corrected chi connectivity index (χ4v) is 27.2. The van der Waals surface area contributed by atoms with Crippen molar-refractivity contribution in [3.63, 3.8) is 0 Å². The van der Waals surface area contributed by atoms with E-state index in [4.69, 9.17) is 16.5 Å². The first-order chi connectivity index (χ1) is 12.8. The maximum absolute atomic E-state index is 7.26. The number of rotatable bonds is 8. The van der Waals surface area contributed by atoms with Crippen molar-refractivity contribution in [2.45, 2.75) is 77.6 Å². The normalized spacial score (nSPS) is 23.3. The van der Waals surface area contributed by atoms with E-state index in [2.05, 4.69) is 81.7 Å². The minimum absolute atomic E-state index is 0.220. The maximum atomic E-state index is 7.26. The molecule has 0 aliphatic carbocycles. The van der Waals surface area contributed by atoms with Crippen molar-refractivity contribution in [3.05, 3.63) is 49.1 Å². The molecule has 0 saturated carbocycles. The molecule has 0 atom stereocenters. The van der Waals surface area contributed by atoms with Crippen LogP contribution in [-0.2, 0) is 16.5 Å². The Morgan fingerprint density at radius 2 is 0.714 bits per heavy atom. The molecule has 1 aliphatic rings. The third-order valence-corrected chi connectivity index (χ3v) is 24.6. The lowest BCUT2D eigenvalue weighted by molar-refractivity contribution is 0.211. The topological polar surface area (TPSA) is 36.9 Å². The summed E-state index contributed by atoms with van der Waals surface area (Å²) in [6.07, 6.45) is 0. The zero-order valence-electron chi connectivity index (χ0n) is 19.1. The van der Waals surface area contributed by atoms with Crippen LogP contribution in [0, 0.1) is 0 Å². The SMILES string of the molecule is C=C[Si]1(C=C)O[Si](C=C)(C=C)O[Si](C(C)C)(C(C)C)O[Si](C(C)C)(C(C)C)O1. The van der Waals surface area contributed by atoms with Crippen LogP contribution in [0.25, 0.3) is 0 Å². The Balaban J connectivity index is 3.89. The number of hydrogen-bond acceptors (Lipinski definition) is 4. The maximum Gasteiger partial charge on any atom is 0.373 e. The molecule has 0 unspecified atom stereocenters. The fraction of sp³-hybridized carbons (Fsp3) is 0.600. The van der Waals surface area contributed by atoms with Crippen LogP contribution in [0.5, 0.6) is 0 Å². The van der Waals surface area contributed by atoms with Crippen LogP contribution in [0.3, 0.4) is 0 Å². The van der Waals surface area contributed by atoms with Crippen molar-refractivity contribution in [1.82, 2.24) is 0 Å². The highest BCUT2D eigenvalue weighted by atomic mass is 28.5. The van der Waals surface area contributed by atoms with Gasteiger partial charge < -0.3 is 16.5 Å². The molecule has 4 nitrogen and oxygen atoms in total. The van der Waals surface area contributed by atoms with Gasteiger partial charge in [-0.1, -0.05) is 55.4 Å². The van der Waals surface area contributed by atoms with E-state index in [-0.39, 0.29) is 22.2 Å². The summed E-state index contributed by atoms with van der Waals surface area (Å²) in [5, 5.41) is 0. The van der Waals surface area contributed by atoms with Crippen molar-refractivity contribution in [3.8, 4) is 0 Å². The van der Waals surface area contributed by atoms with Gasteiger partial charge in [0.2, 0.25) is 0 Å². The molecule has 1 rings (SSSR count). The predicted octanol–water partition coefficient (Wildman–Crippen LogP) is 6.38. The number of hydrogen-bond donors (Lipinski definition) is 0. The van der Waals surface area contributed by atoms with Crippen LogP contribution in [0.15, 0.2) is 49.1 Å². The molecule has 0 aromatic heterocycles. The Morgan fingerprint density at radius 1 is 0.464 bits per heavy atom. The van der Waals surface area contributed by atoms with Crippen molar-refractivity contribution in [2.75, 3.05) is 0 Å². The van der Waals surface area contributed by atoms with Crippen LogP contribution in [0.4, 0.5) is 0 Å². The van der Waals surface area contributed by atoms with Crippen LogP contribution >= 0.6 is 0 Å². The largest absolute Gasteiger partial charge is 0.415 e. The Morgan fingerprint density at radius 3 is 0.893 bits per heavy atom. The highest BCUT2D eigenvalue weighted by Crippen LogP contribution is 2.48. The molecular formula is C20H40O4Si4. The average molecular weight is 457 g/mol. The van der Waals surface area contributed by atoms with Gasteiger partial charge in [0.1, 0.15) is 0 Å². The van der Waals surface area contributed by atoms with E-state index >= 15 is 0 Å². The molecule has 28 heavy (non-hydrogen) atoms. The molecule has 0 N–H and O–H groups in total. The van der Waals surface area contributed by atoms with Gasteiger partial charge in [0.25, 0.3) is 0 Å². The zero-order chi connectivity index (χ0) is 22.0. The quantitative estimate of drug-likeness (QED) is 0.397. The first-order valence-corrected chi connectivity index (χ1v) is 18.1. The van der Waals surface area contributed by atoms with E-state index in [1.54, 1.807) is 22.8 Å². The Kier molecular flexibility index (Phi) is 8.46. The van der Waals surface area contributed by atoms with Gasteiger partial charge >= 0.3 is 34.2 Å². The summed E-state index contributed by atoms with van der Waals surface area (Å²) in [5.41, 5.74) is 8.02. The zero-order valence-corrected chi connectivity index (χ0v) is 23.1. The summed E-state index contributed by atoms with van der Waals surface area (Å²) in [4.78, 5) is 0. The van der Waals surface area contributed by atoms with Crippen molar-refractivity contribution in [2.24, 2.45) is 0 Å². The second-order valence-electron chi connectivity index (χ2n) is 8.73. The molecule has 160 valence electrons. The summed E-state index contributed by atoms with van der Waals surface area (Å²) >= 11 is 0. The van der Waals surface area contributed by atoms with Crippen LogP contribution in [-0.4, -0.2) is 34.2 Å². The lowest BCUT2D eigenvalue weighted by Gasteiger charge is -2.55. The van der Waals surface area contributed by atoms with Crippen LogP contribution in [0.2, 0.25) is 22.2 Å². The summed E-state index contributed by atoms with van der Waals surface area (Å²) in [6, 6.07) is 0. The third-order valence-electron chi connectivity index (χ3n) is 5.63. The Hall–Kier alpha value is -0.332. The van der Waals surface area contributed by atoms with E-state index < -0.39 is 34.2 Å². The molecule has 1 saturated heterocycles. The molecule has 0 aromatic carbocycles. The second-order valence-corrected chi connectivity index (χ2v) is 24.0. The molecule has 0 aromatic rings. The van der Waals surface area contributed by atoms with Gasteiger partial charge in [0.05, 0.1) is 0 Å². The standard InChI is InChI=1S/C20H40O4Si4/c1-13-25(14-2)21-26(15-3,16-4)23-28(19(9)10,20(11)12)24-27(22-25,17(5)6)18(7)8/h13-20H,1-4H2,5-12H3. The van der Waals surface area contributed by atoms with Gasteiger partial charge in [-0.2, -0.15) is 0 Å². The molecule has 0 bridgehead atoms. The van der Waals surface area contributed by atoms with Gasteiger partial charge in [-0.05, 0) is 45.0 Å². The molecule has 1 fully saturated rings. The second kappa shape index (κ2) is 9.21. The monoisotopic (exact) mass is 456 g/mol.